The van der Waals surface area contributed by atoms with Gasteiger partial charge in [-0.2, -0.15) is 13.2 Å². The minimum absolute atomic E-state index is 0.198. The zero-order valence-corrected chi connectivity index (χ0v) is 13.9. The van der Waals surface area contributed by atoms with E-state index in [1.54, 1.807) is 24.3 Å². The fraction of sp³-hybridized carbons (Fsp3) is 0.235. The lowest BCUT2D eigenvalue weighted by atomic mass is 9.89. The number of alkyl halides is 3. The topological polar surface area (TPSA) is 70.5 Å². The number of ether oxygens (including phenoxy) is 3. The number of allylic oxidation sites excluding steroid dienone is 5. The van der Waals surface area contributed by atoms with E-state index in [9.17, 15) is 18.0 Å². The number of hydrogen-bond donors (Lipinski definition) is 0. The summed E-state index contributed by atoms with van der Waals surface area (Å²) in [7, 11) is 2.61. The van der Waals surface area contributed by atoms with Gasteiger partial charge in [0.05, 0.1) is 32.3 Å². The van der Waals surface area contributed by atoms with Gasteiger partial charge in [-0.25, -0.2) is 14.8 Å². The molecule has 1 aromatic heterocycles. The summed E-state index contributed by atoms with van der Waals surface area (Å²) in [5.74, 6) is -1.45. The number of halogens is 3. The van der Waals surface area contributed by atoms with Crippen molar-refractivity contribution < 1.29 is 32.2 Å². The van der Waals surface area contributed by atoms with Gasteiger partial charge in [0, 0.05) is 12.0 Å². The average Bonchev–Trinajstić information content (AvgIpc) is 2.64. The van der Waals surface area contributed by atoms with Gasteiger partial charge in [-0.05, 0) is 5.57 Å². The summed E-state index contributed by atoms with van der Waals surface area (Å²) < 4.78 is 52.9. The van der Waals surface area contributed by atoms with Crippen molar-refractivity contribution in [2.45, 2.75) is 6.18 Å². The monoisotopic (exact) mass is 368 g/mol. The first-order valence-electron chi connectivity index (χ1n) is 7.28. The molecule has 26 heavy (non-hydrogen) atoms. The van der Waals surface area contributed by atoms with Crippen LogP contribution in [0.1, 0.15) is 5.69 Å². The van der Waals surface area contributed by atoms with Crippen molar-refractivity contribution in [1.29, 1.82) is 0 Å². The average molecular weight is 368 g/mol. The summed E-state index contributed by atoms with van der Waals surface area (Å²) in [5, 5.41) is 0. The van der Waals surface area contributed by atoms with Gasteiger partial charge in [0.2, 0.25) is 5.88 Å². The van der Waals surface area contributed by atoms with Gasteiger partial charge in [0.25, 0.3) is 0 Å². The Labute approximate surface area is 147 Å². The standard InChI is InChI=1S/C17H15F3N2O4/c1-24-9-13(16(23)25-2)12-6-4-3-5-11(12)8-26-15-7-14(17(18,19)20)21-10-22-15/h3-10,12H,1-2H3. The molecule has 1 aromatic rings. The fourth-order valence-electron chi connectivity index (χ4n) is 2.13. The number of rotatable bonds is 5. The molecule has 1 atom stereocenters. The molecule has 0 bridgehead atoms. The number of carbonyl (C=O) groups is 1. The van der Waals surface area contributed by atoms with Gasteiger partial charge in [-0.1, -0.05) is 24.3 Å². The zero-order valence-electron chi connectivity index (χ0n) is 13.9. The van der Waals surface area contributed by atoms with Crippen molar-refractivity contribution in [1.82, 2.24) is 9.97 Å². The molecular formula is C17H15F3N2O4. The summed E-state index contributed by atoms with van der Waals surface area (Å²) in [5.41, 5.74) is -0.427. The minimum Gasteiger partial charge on any atom is -0.504 e. The van der Waals surface area contributed by atoms with Gasteiger partial charge >= 0.3 is 12.1 Å². The number of aromatic nitrogens is 2. The summed E-state index contributed by atoms with van der Waals surface area (Å²) in [4.78, 5) is 18.7. The van der Waals surface area contributed by atoms with Crippen LogP contribution < -0.4 is 4.74 Å². The first kappa shape index (κ1) is 19.2. The number of esters is 1. The Balaban J connectivity index is 2.28. The van der Waals surface area contributed by atoms with Gasteiger partial charge in [-0.3, -0.25) is 0 Å². The number of methoxy groups -OCH3 is 2. The third-order valence-corrected chi connectivity index (χ3v) is 3.31. The molecule has 0 fully saturated rings. The Hall–Kier alpha value is -3.10. The molecule has 1 aliphatic rings. The lowest BCUT2D eigenvalue weighted by molar-refractivity contribution is -0.141. The van der Waals surface area contributed by atoms with E-state index in [0.717, 1.165) is 6.33 Å². The van der Waals surface area contributed by atoms with Crippen molar-refractivity contribution in [2.24, 2.45) is 5.92 Å². The minimum atomic E-state index is -4.61. The summed E-state index contributed by atoms with van der Waals surface area (Å²) in [6.45, 7) is 0. The largest absolute Gasteiger partial charge is 0.504 e. The number of carbonyl (C=O) groups excluding carboxylic acids is 1. The molecule has 9 heteroatoms. The van der Waals surface area contributed by atoms with E-state index < -0.39 is 23.8 Å². The number of hydrogen-bond acceptors (Lipinski definition) is 6. The molecule has 0 N–H and O–H groups in total. The molecule has 138 valence electrons. The highest BCUT2D eigenvalue weighted by Gasteiger charge is 2.33. The summed E-state index contributed by atoms with van der Waals surface area (Å²) in [6.07, 6.45) is 5.33. The van der Waals surface area contributed by atoms with Crippen molar-refractivity contribution in [3.8, 4) is 5.88 Å². The second-order valence-electron chi connectivity index (χ2n) is 5.00. The lowest BCUT2D eigenvalue weighted by Gasteiger charge is -2.18. The molecule has 0 saturated heterocycles. The molecular weight excluding hydrogens is 353 g/mol. The van der Waals surface area contributed by atoms with E-state index in [2.05, 4.69) is 9.97 Å². The zero-order chi connectivity index (χ0) is 19.2. The molecule has 0 aromatic carbocycles. The van der Waals surface area contributed by atoms with Crippen molar-refractivity contribution in [2.75, 3.05) is 14.2 Å². The summed E-state index contributed by atoms with van der Waals surface area (Å²) >= 11 is 0. The van der Waals surface area contributed by atoms with E-state index in [-0.39, 0.29) is 11.5 Å². The SMILES string of the molecule is COC=C(C(=O)OC)C1C=CC=CC1=COc1cc(C(F)(F)F)ncn1. The van der Waals surface area contributed by atoms with Crippen LogP contribution in [0.3, 0.4) is 0 Å². The van der Waals surface area contributed by atoms with Crippen molar-refractivity contribution >= 4 is 5.97 Å². The van der Waals surface area contributed by atoms with Crippen LogP contribution in [0, 0.1) is 5.92 Å². The molecule has 1 heterocycles. The maximum atomic E-state index is 12.7. The van der Waals surface area contributed by atoms with Crippen LogP contribution >= 0.6 is 0 Å². The van der Waals surface area contributed by atoms with E-state index >= 15 is 0 Å². The van der Waals surface area contributed by atoms with Crippen LogP contribution in [-0.2, 0) is 20.4 Å². The molecule has 0 saturated carbocycles. The lowest BCUT2D eigenvalue weighted by Crippen LogP contribution is -2.16. The molecule has 6 nitrogen and oxygen atoms in total. The third-order valence-electron chi connectivity index (χ3n) is 3.31. The van der Waals surface area contributed by atoms with Gasteiger partial charge in [0.1, 0.15) is 6.33 Å². The van der Waals surface area contributed by atoms with E-state index in [1.165, 1.54) is 26.7 Å². The fourth-order valence-corrected chi connectivity index (χ4v) is 2.13. The highest BCUT2D eigenvalue weighted by molar-refractivity contribution is 5.90. The van der Waals surface area contributed by atoms with E-state index in [0.29, 0.717) is 11.6 Å². The number of nitrogens with zero attached hydrogens (tertiary/aromatic N) is 2. The predicted molar refractivity (Wildman–Crippen MR) is 84.6 cm³/mol. The normalized spacial score (nSPS) is 18.7. The van der Waals surface area contributed by atoms with Crippen LogP contribution in [0.2, 0.25) is 0 Å². The van der Waals surface area contributed by atoms with Crippen LogP contribution in [0.4, 0.5) is 13.2 Å². The van der Waals surface area contributed by atoms with Crippen LogP contribution in [0.5, 0.6) is 5.88 Å². The molecule has 1 aliphatic carbocycles. The highest BCUT2D eigenvalue weighted by Crippen LogP contribution is 2.30. The second kappa shape index (κ2) is 8.32. The summed E-state index contributed by atoms with van der Waals surface area (Å²) in [6, 6.07) is 0.681. The highest BCUT2D eigenvalue weighted by atomic mass is 19.4. The first-order chi connectivity index (χ1) is 12.4. The molecule has 0 radical (unpaired) electrons. The van der Waals surface area contributed by atoms with Gasteiger partial charge in [0.15, 0.2) is 5.69 Å². The van der Waals surface area contributed by atoms with E-state index in [1.807, 2.05) is 0 Å². The molecule has 0 aliphatic heterocycles. The van der Waals surface area contributed by atoms with Crippen LogP contribution in [0.25, 0.3) is 0 Å². The van der Waals surface area contributed by atoms with Crippen LogP contribution in [-0.4, -0.2) is 30.2 Å². The Kier molecular flexibility index (Phi) is 6.16. The molecule has 0 amide bonds. The van der Waals surface area contributed by atoms with Gasteiger partial charge < -0.3 is 14.2 Å². The van der Waals surface area contributed by atoms with Crippen LogP contribution in [0.15, 0.2) is 60.4 Å². The predicted octanol–water partition coefficient (Wildman–Crippen LogP) is 3.20. The second-order valence-corrected chi connectivity index (χ2v) is 5.00. The third kappa shape index (κ3) is 4.71. The van der Waals surface area contributed by atoms with Gasteiger partial charge in [-0.15, -0.1) is 0 Å². The first-order valence-corrected chi connectivity index (χ1v) is 7.28. The van der Waals surface area contributed by atoms with E-state index in [4.69, 9.17) is 14.2 Å². The van der Waals surface area contributed by atoms with Crippen molar-refractivity contribution in [3.05, 3.63) is 66.1 Å². The Morgan fingerprint density at radius 3 is 2.65 bits per heavy atom. The maximum absolute atomic E-state index is 12.7. The smallest absolute Gasteiger partial charge is 0.433 e. The Morgan fingerprint density at radius 1 is 1.23 bits per heavy atom. The Bertz CT molecular complexity index is 782. The molecule has 0 spiro atoms. The Morgan fingerprint density at radius 2 is 2.00 bits per heavy atom. The van der Waals surface area contributed by atoms with Crippen molar-refractivity contribution in [3.63, 3.8) is 0 Å². The maximum Gasteiger partial charge on any atom is 0.433 e. The molecule has 1 unspecified atom stereocenters. The quantitative estimate of drug-likeness (QED) is 0.452. The molecule has 2 rings (SSSR count).